The lowest BCUT2D eigenvalue weighted by Crippen LogP contribution is -2.37. The summed E-state index contributed by atoms with van der Waals surface area (Å²) in [6, 6.07) is 83.8. The molecule has 1 aliphatic rings. The van der Waals surface area contributed by atoms with Crippen molar-refractivity contribution in [2.45, 2.75) is 28.0 Å². The van der Waals surface area contributed by atoms with Gasteiger partial charge in [0, 0.05) is 31.7 Å². The first-order chi connectivity index (χ1) is 31.2. The van der Waals surface area contributed by atoms with Crippen LogP contribution in [-0.2, 0) is 18.3 Å². The third-order valence-electron chi connectivity index (χ3n) is 13.8. The lowest BCUT2D eigenvalue weighted by Gasteiger charge is -2.44. The summed E-state index contributed by atoms with van der Waals surface area (Å²) in [7, 11) is 0. The zero-order chi connectivity index (χ0) is 41.5. The van der Waals surface area contributed by atoms with Crippen molar-refractivity contribution in [1.82, 2.24) is 4.57 Å². The largest absolute Gasteiger partial charge is 0.309 e. The van der Waals surface area contributed by atoms with Crippen molar-refractivity contribution in [2.24, 2.45) is 0 Å². The first kappa shape index (κ1) is 36.3. The number of hydrogen-bond donors (Lipinski definition) is 0. The molecule has 2 heterocycles. The van der Waals surface area contributed by atoms with Crippen LogP contribution in [0.15, 0.2) is 234 Å². The van der Waals surface area contributed by atoms with E-state index in [1.807, 2.05) is 11.8 Å². The van der Waals surface area contributed by atoms with Crippen LogP contribution in [0.2, 0.25) is 0 Å². The highest BCUT2D eigenvalue weighted by molar-refractivity contribution is 8.00. The summed E-state index contributed by atoms with van der Waals surface area (Å²) in [6.07, 6.45) is 1.70. The van der Waals surface area contributed by atoms with Crippen LogP contribution in [0.5, 0.6) is 0 Å². The summed E-state index contributed by atoms with van der Waals surface area (Å²) in [4.78, 5) is 2.76. The van der Waals surface area contributed by atoms with Gasteiger partial charge in [-0.3, -0.25) is 0 Å². The molecule has 0 unspecified atom stereocenters. The van der Waals surface area contributed by atoms with Gasteiger partial charge in [-0.15, -0.1) is 0 Å². The Kier molecular flexibility index (Phi) is 8.26. The normalized spacial score (nSPS) is 13.3. The molecule has 0 amide bonds. The van der Waals surface area contributed by atoms with Gasteiger partial charge in [0.1, 0.15) is 0 Å². The van der Waals surface area contributed by atoms with Crippen LogP contribution < -0.4 is 0 Å². The highest BCUT2D eigenvalue weighted by atomic mass is 32.2. The first-order valence-electron chi connectivity index (χ1n) is 22.0. The molecule has 0 saturated carbocycles. The molecule has 1 aliphatic heterocycles. The first-order valence-corrected chi connectivity index (χ1v) is 22.8. The second kappa shape index (κ2) is 14.3. The van der Waals surface area contributed by atoms with E-state index in [0.29, 0.717) is 0 Å². The molecular formula is C61H41NS. The number of rotatable bonds is 6. The smallest absolute Gasteiger partial charge is 0.0547 e. The Balaban J connectivity index is 1.08. The summed E-state index contributed by atoms with van der Waals surface area (Å²) in [5.74, 6) is 0. The summed E-state index contributed by atoms with van der Waals surface area (Å²) < 4.78 is 2.41. The molecule has 296 valence electrons. The monoisotopic (exact) mass is 819 g/mol. The number of para-hydroxylation sites is 2. The fourth-order valence-corrected chi connectivity index (χ4v) is 12.8. The van der Waals surface area contributed by atoms with Crippen molar-refractivity contribution in [3.8, 4) is 16.8 Å². The Morgan fingerprint density at radius 1 is 0.333 bits per heavy atom. The van der Waals surface area contributed by atoms with Crippen molar-refractivity contribution in [3.63, 3.8) is 0 Å². The molecule has 0 atom stereocenters. The number of aromatic nitrogens is 1. The Morgan fingerprint density at radius 3 is 1.33 bits per heavy atom. The lowest BCUT2D eigenvalue weighted by atomic mass is 9.63. The molecule has 13 rings (SSSR count). The Morgan fingerprint density at radius 2 is 0.762 bits per heavy atom. The van der Waals surface area contributed by atoms with E-state index in [9.17, 15) is 0 Å². The Hall–Kier alpha value is -7.39. The summed E-state index contributed by atoms with van der Waals surface area (Å²) >= 11 is 1.99. The molecule has 11 aromatic carbocycles. The molecule has 0 fully saturated rings. The minimum Gasteiger partial charge on any atom is -0.309 e. The zero-order valence-electron chi connectivity index (χ0n) is 34.6. The molecule has 0 saturated heterocycles. The van der Waals surface area contributed by atoms with Gasteiger partial charge in [0.25, 0.3) is 0 Å². The van der Waals surface area contributed by atoms with Crippen molar-refractivity contribution in [1.29, 1.82) is 0 Å². The number of fused-ring (bicyclic) bond motifs is 15. The van der Waals surface area contributed by atoms with Gasteiger partial charge >= 0.3 is 0 Å². The van der Waals surface area contributed by atoms with Gasteiger partial charge in [0.05, 0.1) is 11.0 Å². The molecule has 1 aromatic heterocycles. The van der Waals surface area contributed by atoms with E-state index in [-0.39, 0.29) is 0 Å². The Labute approximate surface area is 370 Å². The molecule has 0 radical (unpaired) electrons. The van der Waals surface area contributed by atoms with Crippen molar-refractivity contribution < 1.29 is 0 Å². The van der Waals surface area contributed by atoms with Crippen LogP contribution in [0.4, 0.5) is 0 Å². The number of nitrogens with zero attached hydrogens (tertiary/aromatic N) is 1. The van der Waals surface area contributed by atoms with E-state index in [4.69, 9.17) is 0 Å². The Bertz CT molecular complexity index is 3630. The standard InChI is InChI=1S/C61H41NS/c1-3-18-40(19-4-1)38-61(39-41-34-36-42(37-35-41)44-31-17-33-55-56(44)53-30-15-16-32-54(53)62(55)43-20-5-2-6-21-43)57-49-26-11-7-22-45(49)47-24-9-13-28-51(47)59(57)63-60-52-29-14-10-25-48(52)46-23-8-12-27-50(46)58(60)61/h1-37H,38-39H2. The van der Waals surface area contributed by atoms with E-state index in [2.05, 4.69) is 229 Å². The average molecular weight is 820 g/mol. The predicted molar refractivity (Wildman–Crippen MR) is 268 cm³/mol. The number of hydrogen-bond acceptors (Lipinski definition) is 1. The number of benzene rings is 11. The molecular weight excluding hydrogens is 779 g/mol. The van der Waals surface area contributed by atoms with E-state index in [1.54, 1.807) is 0 Å². The van der Waals surface area contributed by atoms with E-state index in [1.165, 1.54) is 114 Å². The third-order valence-corrected chi connectivity index (χ3v) is 15.0. The predicted octanol–water partition coefficient (Wildman–Crippen LogP) is 16.3. The maximum atomic E-state index is 2.42. The lowest BCUT2D eigenvalue weighted by molar-refractivity contribution is 0.496. The van der Waals surface area contributed by atoms with Crippen LogP contribution in [0.25, 0.3) is 81.7 Å². The molecule has 0 N–H and O–H groups in total. The van der Waals surface area contributed by atoms with Gasteiger partial charge in [-0.2, -0.15) is 0 Å². The summed E-state index contributed by atoms with van der Waals surface area (Å²) in [6.45, 7) is 0. The third kappa shape index (κ3) is 5.51. The van der Waals surface area contributed by atoms with Gasteiger partial charge in [-0.25, -0.2) is 0 Å². The van der Waals surface area contributed by atoms with Gasteiger partial charge in [-0.05, 0) is 114 Å². The van der Waals surface area contributed by atoms with Gasteiger partial charge < -0.3 is 4.57 Å². The van der Waals surface area contributed by atoms with Crippen LogP contribution >= 0.6 is 11.8 Å². The minimum absolute atomic E-state index is 0.421. The maximum Gasteiger partial charge on any atom is 0.0547 e. The second-order valence-corrected chi connectivity index (χ2v) is 18.2. The van der Waals surface area contributed by atoms with Gasteiger partial charge in [0.15, 0.2) is 0 Å². The fourth-order valence-electron chi connectivity index (χ4n) is 11.2. The molecule has 2 heteroatoms. The maximum absolute atomic E-state index is 2.42. The second-order valence-electron chi connectivity index (χ2n) is 17.2. The zero-order valence-corrected chi connectivity index (χ0v) is 35.4. The van der Waals surface area contributed by atoms with Gasteiger partial charge in [-0.1, -0.05) is 212 Å². The van der Waals surface area contributed by atoms with Crippen LogP contribution in [0.1, 0.15) is 22.3 Å². The highest BCUT2D eigenvalue weighted by Crippen LogP contribution is 2.60. The SMILES string of the molecule is c1ccc(CC2(Cc3ccc(-c4cccc5c4c4ccccc4n5-c4ccccc4)cc3)c3c(c4ccccc4c4ccccc34)Sc3c2c2ccccc2c2ccccc32)cc1. The average Bonchev–Trinajstić information content (AvgIpc) is 3.69. The molecule has 0 bridgehead atoms. The van der Waals surface area contributed by atoms with Crippen molar-refractivity contribution in [3.05, 3.63) is 247 Å². The fraction of sp³-hybridized carbons (Fsp3) is 0.0492. The molecule has 12 aromatic rings. The summed E-state index contributed by atoms with van der Waals surface area (Å²) in [5, 5.41) is 13.2. The molecule has 1 nitrogen and oxygen atoms in total. The van der Waals surface area contributed by atoms with E-state index in [0.717, 1.165) is 12.8 Å². The topological polar surface area (TPSA) is 4.93 Å². The van der Waals surface area contributed by atoms with Gasteiger partial charge in [0.2, 0.25) is 0 Å². The molecule has 0 spiro atoms. The van der Waals surface area contributed by atoms with Crippen LogP contribution in [0, 0.1) is 0 Å². The highest BCUT2D eigenvalue weighted by Gasteiger charge is 2.45. The van der Waals surface area contributed by atoms with E-state index < -0.39 is 5.41 Å². The minimum atomic E-state index is -0.421. The van der Waals surface area contributed by atoms with Crippen LogP contribution in [-0.4, -0.2) is 4.57 Å². The van der Waals surface area contributed by atoms with Crippen molar-refractivity contribution in [2.75, 3.05) is 0 Å². The molecule has 63 heavy (non-hydrogen) atoms. The summed E-state index contributed by atoms with van der Waals surface area (Å²) in [5.41, 5.74) is 11.2. The molecule has 0 aliphatic carbocycles. The van der Waals surface area contributed by atoms with E-state index >= 15 is 0 Å². The van der Waals surface area contributed by atoms with Crippen molar-refractivity contribution >= 4 is 76.7 Å². The van der Waals surface area contributed by atoms with Crippen LogP contribution in [0.3, 0.4) is 0 Å². The quantitative estimate of drug-likeness (QED) is 0.151.